The first-order chi connectivity index (χ1) is 15.6. The van der Waals surface area contributed by atoms with Crippen LogP contribution in [0.5, 0.6) is 0 Å². The van der Waals surface area contributed by atoms with E-state index < -0.39 is 21.1 Å². The molecule has 2 aromatic heterocycles. The molecule has 170 valence electrons. The van der Waals surface area contributed by atoms with Crippen LogP contribution >= 0.6 is 11.3 Å². The van der Waals surface area contributed by atoms with E-state index in [1.807, 2.05) is 6.07 Å². The predicted octanol–water partition coefficient (Wildman–Crippen LogP) is 4.61. The van der Waals surface area contributed by atoms with Crippen molar-refractivity contribution >= 4 is 43.0 Å². The van der Waals surface area contributed by atoms with Crippen molar-refractivity contribution in [1.82, 2.24) is 9.29 Å². The lowest BCUT2D eigenvalue weighted by Crippen LogP contribution is -2.50. The van der Waals surface area contributed by atoms with Crippen molar-refractivity contribution in [2.75, 3.05) is 12.8 Å². The summed E-state index contributed by atoms with van der Waals surface area (Å²) in [7, 11) is -1.18. The number of thiophene rings is 1. The van der Waals surface area contributed by atoms with Gasteiger partial charge in [0.2, 0.25) is 11.9 Å². The van der Waals surface area contributed by atoms with Gasteiger partial charge in [0.05, 0.1) is 20.3 Å². The summed E-state index contributed by atoms with van der Waals surface area (Å²) in [5.41, 5.74) is 6.70. The second kappa shape index (κ2) is 7.39. The summed E-state index contributed by atoms with van der Waals surface area (Å²) in [5, 5.41) is 0.406. The number of halogens is 2. The molecule has 4 aromatic rings. The van der Waals surface area contributed by atoms with Gasteiger partial charge in [-0.1, -0.05) is 18.2 Å². The Morgan fingerprint density at radius 2 is 1.97 bits per heavy atom. The predicted molar refractivity (Wildman–Crippen MR) is 130 cm³/mol. The number of oxazole rings is 1. The van der Waals surface area contributed by atoms with E-state index in [0.29, 0.717) is 37.7 Å². The zero-order valence-electron chi connectivity index (χ0n) is 17.8. The maximum Gasteiger partial charge on any atom is 0.226 e. The van der Waals surface area contributed by atoms with Gasteiger partial charge in [-0.15, -0.1) is 11.3 Å². The Balaban J connectivity index is 1.63. The van der Waals surface area contributed by atoms with Crippen LogP contribution in [0.1, 0.15) is 11.8 Å². The van der Waals surface area contributed by atoms with Gasteiger partial charge in [0.25, 0.3) is 0 Å². The summed E-state index contributed by atoms with van der Waals surface area (Å²) < 4.78 is 49.5. The van der Waals surface area contributed by atoms with E-state index in [1.54, 1.807) is 38.2 Å². The Hall–Kier alpha value is -3.24. The number of nitrogens with zero attached hydrogens (tertiary/aromatic N) is 3. The summed E-state index contributed by atoms with van der Waals surface area (Å²) in [6.45, 7) is 1.72. The third-order valence-corrected chi connectivity index (χ3v) is 9.37. The molecule has 2 aromatic carbocycles. The molecule has 0 saturated heterocycles. The fourth-order valence-electron chi connectivity index (χ4n) is 3.94. The molecule has 33 heavy (non-hydrogen) atoms. The van der Waals surface area contributed by atoms with Crippen LogP contribution < -0.4 is 5.73 Å². The minimum atomic E-state index is -2.75. The van der Waals surface area contributed by atoms with E-state index in [4.69, 9.17) is 10.2 Å². The van der Waals surface area contributed by atoms with Crippen molar-refractivity contribution in [2.24, 2.45) is 10.7 Å². The third kappa shape index (κ3) is 3.50. The molecule has 3 heterocycles. The molecule has 0 amide bonds. The van der Waals surface area contributed by atoms with Crippen molar-refractivity contribution in [3.63, 3.8) is 0 Å². The number of hydrogen-bond acceptors (Lipinski definition) is 6. The molecule has 0 bridgehead atoms. The Morgan fingerprint density at radius 1 is 1.24 bits per heavy atom. The van der Waals surface area contributed by atoms with Gasteiger partial charge in [-0.05, 0) is 37.1 Å². The van der Waals surface area contributed by atoms with Crippen molar-refractivity contribution in [2.45, 2.75) is 12.5 Å². The van der Waals surface area contributed by atoms with E-state index in [2.05, 4.69) is 15.8 Å². The van der Waals surface area contributed by atoms with Gasteiger partial charge in [0.15, 0.2) is 0 Å². The molecule has 2 N–H and O–H groups in total. The van der Waals surface area contributed by atoms with Crippen molar-refractivity contribution < 1.29 is 17.4 Å². The first-order valence-electron chi connectivity index (χ1n) is 9.96. The highest BCUT2D eigenvalue weighted by atomic mass is 32.2. The molecule has 1 aliphatic rings. The van der Waals surface area contributed by atoms with Crippen LogP contribution in [0.3, 0.4) is 0 Å². The Labute approximate surface area is 193 Å². The van der Waals surface area contributed by atoms with Crippen LogP contribution in [0.15, 0.2) is 58.1 Å². The van der Waals surface area contributed by atoms with Gasteiger partial charge < -0.3 is 10.2 Å². The second-order valence-electron chi connectivity index (χ2n) is 8.13. The number of nitrogens with two attached hydrogens (primary N) is 1. The van der Waals surface area contributed by atoms with Crippen LogP contribution in [0.2, 0.25) is 0 Å². The SMILES string of the molecule is C=S1(=O)C[C@@](C)(c2sc3c(-c4coc(-c5ccc(F)cc5)n4)cccc3c2F)N=C(N)N1C. The number of benzene rings is 2. The molecule has 0 radical (unpaired) electrons. The number of aliphatic imine (C=N–C) groups is 1. The maximum absolute atomic E-state index is 15.6. The normalized spacial score (nSPS) is 23.2. The minimum Gasteiger partial charge on any atom is -0.444 e. The van der Waals surface area contributed by atoms with Crippen molar-refractivity contribution in [1.29, 1.82) is 0 Å². The van der Waals surface area contributed by atoms with E-state index in [9.17, 15) is 8.60 Å². The standard InChI is InChI=1S/C23H20F2N4O2S2/c1-23(12-33(3,30)29(2)22(26)28-23)20-18(25)16-6-4-5-15(19(16)32-20)17-11-31-21(27-17)13-7-9-14(24)10-8-13/h4-11H,3,12H2,1-2H3,(H2,26,28)/t23-,33?/m0/s1. The number of rotatable bonds is 3. The summed E-state index contributed by atoms with van der Waals surface area (Å²) in [5.74, 6) is 3.43. The summed E-state index contributed by atoms with van der Waals surface area (Å²) in [6.07, 6.45) is 1.49. The van der Waals surface area contributed by atoms with Gasteiger partial charge in [0, 0.05) is 28.3 Å². The number of fused-ring (bicyclic) bond motifs is 1. The molecule has 0 fully saturated rings. The number of hydrogen-bond donors (Lipinski definition) is 1. The van der Waals surface area contributed by atoms with Gasteiger partial charge in [-0.3, -0.25) is 4.31 Å². The average molecular weight is 487 g/mol. The van der Waals surface area contributed by atoms with Crippen LogP contribution in [0.4, 0.5) is 8.78 Å². The van der Waals surface area contributed by atoms with Crippen molar-refractivity contribution in [3.8, 4) is 22.7 Å². The minimum absolute atomic E-state index is 0.0367. The molecule has 2 atom stereocenters. The molecule has 0 spiro atoms. The van der Waals surface area contributed by atoms with Crippen LogP contribution in [0.25, 0.3) is 32.8 Å². The molecule has 1 aliphatic heterocycles. The van der Waals surface area contributed by atoms with E-state index in [1.165, 1.54) is 34.0 Å². The van der Waals surface area contributed by atoms with Crippen LogP contribution in [0, 0.1) is 11.6 Å². The number of guanidine groups is 1. The fraction of sp³-hybridized carbons (Fsp3) is 0.174. The summed E-state index contributed by atoms with van der Waals surface area (Å²) in [6, 6.07) is 11.1. The Bertz CT molecular complexity index is 1520. The van der Waals surface area contributed by atoms with Crippen LogP contribution in [-0.4, -0.2) is 38.1 Å². The highest BCUT2D eigenvalue weighted by molar-refractivity contribution is 7.98. The lowest BCUT2D eigenvalue weighted by molar-refractivity contribution is 0.495. The van der Waals surface area contributed by atoms with E-state index in [-0.39, 0.29) is 17.5 Å². The molecule has 0 aliphatic carbocycles. The number of aromatic nitrogens is 1. The molecule has 10 heteroatoms. The van der Waals surface area contributed by atoms with Crippen molar-refractivity contribution in [3.05, 3.63) is 65.2 Å². The third-order valence-electron chi connectivity index (χ3n) is 5.71. The first kappa shape index (κ1) is 21.6. The van der Waals surface area contributed by atoms with Gasteiger partial charge >= 0.3 is 0 Å². The smallest absolute Gasteiger partial charge is 0.226 e. The highest BCUT2D eigenvalue weighted by Crippen LogP contribution is 2.44. The van der Waals surface area contributed by atoms with Gasteiger partial charge in [-0.2, -0.15) is 0 Å². The van der Waals surface area contributed by atoms with E-state index in [0.717, 1.165) is 0 Å². The lowest BCUT2D eigenvalue weighted by atomic mass is 10.0. The quantitative estimate of drug-likeness (QED) is 0.429. The average Bonchev–Trinajstić information content (AvgIpc) is 3.38. The molecule has 6 nitrogen and oxygen atoms in total. The monoisotopic (exact) mass is 486 g/mol. The molecule has 0 saturated carbocycles. The lowest BCUT2D eigenvalue weighted by Gasteiger charge is -2.36. The van der Waals surface area contributed by atoms with E-state index >= 15 is 4.39 Å². The largest absolute Gasteiger partial charge is 0.444 e. The zero-order chi connectivity index (χ0) is 23.5. The topological polar surface area (TPSA) is 84.7 Å². The first-order valence-corrected chi connectivity index (χ1v) is 12.6. The van der Waals surface area contributed by atoms with Gasteiger partial charge in [-0.25, -0.2) is 23.0 Å². The molecule has 5 rings (SSSR count). The molecular formula is C23H20F2N4O2S2. The van der Waals surface area contributed by atoms with Crippen LogP contribution in [-0.2, 0) is 15.2 Å². The highest BCUT2D eigenvalue weighted by Gasteiger charge is 2.40. The summed E-state index contributed by atoms with van der Waals surface area (Å²) >= 11 is 1.22. The fourth-order valence-corrected chi connectivity index (χ4v) is 6.98. The Kier molecular flexibility index (Phi) is 4.84. The maximum atomic E-state index is 15.6. The van der Waals surface area contributed by atoms with Gasteiger partial charge in [0.1, 0.15) is 29.1 Å². The molecular weight excluding hydrogens is 466 g/mol. The zero-order valence-corrected chi connectivity index (χ0v) is 19.5. The molecule has 1 unspecified atom stereocenters. The second-order valence-corrected chi connectivity index (χ2v) is 11.5. The summed E-state index contributed by atoms with van der Waals surface area (Å²) in [4.78, 5) is 9.34. The Morgan fingerprint density at radius 3 is 2.67 bits per heavy atom.